The lowest BCUT2D eigenvalue weighted by atomic mass is 10.0. The Bertz CT molecular complexity index is 470. The maximum absolute atomic E-state index is 12.0. The third-order valence-electron chi connectivity index (χ3n) is 3.16. The van der Waals surface area contributed by atoms with Gasteiger partial charge < -0.3 is 25.6 Å². The molecule has 6 heteroatoms. The molecule has 1 saturated heterocycles. The molecule has 1 heterocycles. The molecule has 1 aromatic rings. The van der Waals surface area contributed by atoms with E-state index in [1.54, 1.807) is 18.2 Å². The summed E-state index contributed by atoms with van der Waals surface area (Å²) in [6.07, 6.45) is 0.519. The van der Waals surface area contributed by atoms with Crippen molar-refractivity contribution in [3.63, 3.8) is 0 Å². The summed E-state index contributed by atoms with van der Waals surface area (Å²) in [4.78, 5) is 12.0. The largest absolute Gasteiger partial charge is 0.497 e. The molecule has 104 valence electrons. The lowest BCUT2D eigenvalue weighted by Gasteiger charge is -2.20. The molecule has 6 nitrogen and oxygen atoms in total. The number of nitrogens with one attached hydrogen (secondary N) is 1. The maximum atomic E-state index is 12.0. The second-order valence-corrected chi connectivity index (χ2v) is 4.66. The molecule has 2 rings (SSSR count). The van der Waals surface area contributed by atoms with E-state index in [0.717, 1.165) is 0 Å². The fourth-order valence-electron chi connectivity index (χ4n) is 1.95. The Morgan fingerprint density at radius 3 is 3.00 bits per heavy atom. The molecular formula is C13H18N2O4. The van der Waals surface area contributed by atoms with Crippen molar-refractivity contribution in [1.29, 1.82) is 0 Å². The second-order valence-electron chi connectivity index (χ2n) is 4.66. The van der Waals surface area contributed by atoms with E-state index >= 15 is 0 Å². The van der Waals surface area contributed by atoms with Crippen molar-refractivity contribution < 1.29 is 19.4 Å². The highest BCUT2D eigenvalue weighted by Crippen LogP contribution is 2.20. The second kappa shape index (κ2) is 5.46. The first-order valence-corrected chi connectivity index (χ1v) is 6.06. The van der Waals surface area contributed by atoms with Crippen LogP contribution in [0.25, 0.3) is 0 Å². The summed E-state index contributed by atoms with van der Waals surface area (Å²) in [5.41, 5.74) is 5.51. The normalized spacial score (nSPS) is 22.2. The number of nitrogens with two attached hydrogens (primary N) is 1. The predicted molar refractivity (Wildman–Crippen MR) is 70.1 cm³/mol. The number of amides is 1. The highest BCUT2D eigenvalue weighted by Gasteiger charge is 2.32. The molecule has 19 heavy (non-hydrogen) atoms. The summed E-state index contributed by atoms with van der Waals surface area (Å²) in [6.45, 7) is 0.903. The number of nitrogen functional groups attached to an aromatic ring is 1. The monoisotopic (exact) mass is 266 g/mol. The van der Waals surface area contributed by atoms with Crippen molar-refractivity contribution in [3.05, 3.63) is 23.8 Å². The van der Waals surface area contributed by atoms with E-state index in [9.17, 15) is 9.90 Å². The van der Waals surface area contributed by atoms with Crippen molar-refractivity contribution in [3.8, 4) is 5.75 Å². The maximum Gasteiger partial charge on any atom is 0.253 e. The van der Waals surface area contributed by atoms with E-state index in [2.05, 4.69) is 5.32 Å². The van der Waals surface area contributed by atoms with Crippen molar-refractivity contribution in [1.82, 2.24) is 5.32 Å². The first-order chi connectivity index (χ1) is 9.04. The van der Waals surface area contributed by atoms with Gasteiger partial charge in [-0.25, -0.2) is 0 Å². The number of hydrogen-bond donors (Lipinski definition) is 3. The molecular weight excluding hydrogens is 248 g/mol. The lowest BCUT2D eigenvalue weighted by molar-refractivity contribution is 0.0265. The van der Waals surface area contributed by atoms with Gasteiger partial charge in [-0.2, -0.15) is 0 Å². The third-order valence-corrected chi connectivity index (χ3v) is 3.16. The number of rotatable bonds is 4. The van der Waals surface area contributed by atoms with Crippen LogP contribution in [0.2, 0.25) is 0 Å². The zero-order valence-corrected chi connectivity index (χ0v) is 10.8. The number of methoxy groups -OCH3 is 1. The van der Waals surface area contributed by atoms with Crippen molar-refractivity contribution in [2.24, 2.45) is 0 Å². The van der Waals surface area contributed by atoms with Crippen LogP contribution in [-0.2, 0) is 4.74 Å². The molecule has 0 aliphatic carbocycles. The van der Waals surface area contributed by atoms with E-state index in [0.29, 0.717) is 30.0 Å². The number of anilines is 1. The van der Waals surface area contributed by atoms with Gasteiger partial charge in [0.1, 0.15) is 11.4 Å². The molecule has 1 aliphatic heterocycles. The number of ether oxygens (including phenoxy) is 2. The molecule has 1 unspecified atom stereocenters. The van der Waals surface area contributed by atoms with Gasteiger partial charge in [-0.3, -0.25) is 4.79 Å². The van der Waals surface area contributed by atoms with Gasteiger partial charge >= 0.3 is 0 Å². The number of hydrogen-bond acceptors (Lipinski definition) is 5. The van der Waals surface area contributed by atoms with Crippen LogP contribution in [0.15, 0.2) is 18.2 Å². The topological polar surface area (TPSA) is 93.8 Å². The number of carbonyl (C=O) groups excluding carboxylic acids is 1. The molecule has 0 spiro atoms. The Labute approximate surface area is 111 Å². The van der Waals surface area contributed by atoms with Crippen LogP contribution in [0.3, 0.4) is 0 Å². The first kappa shape index (κ1) is 13.6. The van der Waals surface area contributed by atoms with Crippen LogP contribution >= 0.6 is 0 Å². The van der Waals surface area contributed by atoms with Gasteiger partial charge in [-0.1, -0.05) is 0 Å². The summed E-state index contributed by atoms with van der Waals surface area (Å²) >= 11 is 0. The standard InChI is InChI=1S/C13H18N2O4/c1-18-9-2-3-10(11(14)6-9)12(16)15-7-13(17)4-5-19-8-13/h2-3,6,17H,4-5,7-8,14H2,1H3,(H,15,16). The molecule has 0 bridgehead atoms. The van der Waals surface area contributed by atoms with Gasteiger partial charge in [0, 0.05) is 31.3 Å². The molecule has 0 saturated carbocycles. The summed E-state index contributed by atoms with van der Waals surface area (Å²) in [5, 5.41) is 12.7. The molecule has 1 amide bonds. The van der Waals surface area contributed by atoms with Gasteiger partial charge in [-0.15, -0.1) is 0 Å². The Kier molecular flexibility index (Phi) is 3.92. The van der Waals surface area contributed by atoms with E-state index in [4.69, 9.17) is 15.2 Å². The summed E-state index contributed by atoms with van der Waals surface area (Å²) in [6, 6.07) is 4.85. The van der Waals surface area contributed by atoms with Gasteiger partial charge in [-0.05, 0) is 12.1 Å². The van der Waals surface area contributed by atoms with Crippen LogP contribution < -0.4 is 15.8 Å². The highest BCUT2D eigenvalue weighted by molar-refractivity contribution is 5.99. The fourth-order valence-corrected chi connectivity index (χ4v) is 1.95. The van der Waals surface area contributed by atoms with E-state index in [1.165, 1.54) is 7.11 Å². The van der Waals surface area contributed by atoms with Crippen LogP contribution in [-0.4, -0.2) is 43.5 Å². The van der Waals surface area contributed by atoms with Crippen LogP contribution in [0.5, 0.6) is 5.75 Å². The quantitative estimate of drug-likeness (QED) is 0.675. The zero-order valence-electron chi connectivity index (χ0n) is 10.8. The molecule has 0 aromatic heterocycles. The Balaban J connectivity index is 2.00. The average molecular weight is 266 g/mol. The Morgan fingerprint density at radius 1 is 1.63 bits per heavy atom. The lowest BCUT2D eigenvalue weighted by Crippen LogP contribution is -2.43. The first-order valence-electron chi connectivity index (χ1n) is 6.06. The van der Waals surface area contributed by atoms with Crippen LogP contribution in [0.1, 0.15) is 16.8 Å². The minimum absolute atomic E-state index is 0.150. The number of benzene rings is 1. The molecule has 0 radical (unpaired) electrons. The van der Waals surface area contributed by atoms with Crippen molar-refractivity contribution in [2.45, 2.75) is 12.0 Å². The summed E-state index contributed by atoms with van der Waals surface area (Å²) in [7, 11) is 1.53. The molecule has 1 atom stereocenters. The highest BCUT2D eigenvalue weighted by atomic mass is 16.5. The van der Waals surface area contributed by atoms with Gasteiger partial charge in [0.15, 0.2) is 0 Å². The Morgan fingerprint density at radius 2 is 2.42 bits per heavy atom. The van der Waals surface area contributed by atoms with Crippen LogP contribution in [0, 0.1) is 0 Å². The van der Waals surface area contributed by atoms with Crippen molar-refractivity contribution >= 4 is 11.6 Å². The Hall–Kier alpha value is -1.79. The van der Waals surface area contributed by atoms with E-state index in [1.807, 2.05) is 0 Å². The summed E-state index contributed by atoms with van der Waals surface area (Å²) in [5.74, 6) is 0.275. The smallest absolute Gasteiger partial charge is 0.253 e. The molecule has 1 aromatic carbocycles. The van der Waals surface area contributed by atoms with Gasteiger partial charge in [0.05, 0.1) is 19.3 Å². The van der Waals surface area contributed by atoms with Crippen molar-refractivity contribution in [2.75, 3.05) is 32.6 Å². The summed E-state index contributed by atoms with van der Waals surface area (Å²) < 4.78 is 10.1. The van der Waals surface area contributed by atoms with Gasteiger partial charge in [0.2, 0.25) is 0 Å². The SMILES string of the molecule is COc1ccc(C(=O)NCC2(O)CCOC2)c(N)c1. The van der Waals surface area contributed by atoms with E-state index < -0.39 is 5.60 Å². The molecule has 1 aliphatic rings. The molecule has 4 N–H and O–H groups in total. The number of aliphatic hydroxyl groups is 1. The minimum Gasteiger partial charge on any atom is -0.497 e. The third kappa shape index (κ3) is 3.15. The predicted octanol–water partition coefficient (Wildman–Crippen LogP) is 0.159. The average Bonchev–Trinajstić information content (AvgIpc) is 2.83. The fraction of sp³-hybridized carbons (Fsp3) is 0.462. The zero-order chi connectivity index (χ0) is 13.9. The van der Waals surface area contributed by atoms with E-state index in [-0.39, 0.29) is 19.1 Å². The van der Waals surface area contributed by atoms with Gasteiger partial charge in [0.25, 0.3) is 5.91 Å². The molecule has 1 fully saturated rings. The minimum atomic E-state index is -0.975. The number of carbonyl (C=O) groups is 1. The van der Waals surface area contributed by atoms with Crippen LogP contribution in [0.4, 0.5) is 5.69 Å².